The second-order valence-corrected chi connectivity index (χ2v) is 21.3. The zero-order chi connectivity index (χ0) is 47.2. The van der Waals surface area contributed by atoms with Crippen LogP contribution >= 0.6 is 0 Å². The Morgan fingerprint density at radius 3 is 1.67 bits per heavy atom. The fourth-order valence-electron chi connectivity index (χ4n) is 11.6. The van der Waals surface area contributed by atoms with Gasteiger partial charge >= 0.3 is 0 Å². The SMILES string of the molecule is CC(C)(C)c1ccc(Oc2cc3c4c(c2)Oc2cc5c(cc2B4c2ccccc2O3)B2c3c(cc(Oc4ccc(C(C)(C)C)cc4)cc3-n3c4ccccc4c4cccc2c43)N5c2ccccc2)cc1. The largest absolute Gasteiger partial charge is 0.458 e. The van der Waals surface area contributed by atoms with E-state index in [4.69, 9.17) is 18.9 Å². The van der Waals surface area contributed by atoms with Crippen LogP contribution in [0, 0.1) is 0 Å². The summed E-state index contributed by atoms with van der Waals surface area (Å²) in [6.45, 7) is 13.1. The molecular formula is C62H48B2N2O4. The van der Waals surface area contributed by atoms with Crippen LogP contribution in [0.3, 0.4) is 0 Å². The number of para-hydroxylation sites is 4. The van der Waals surface area contributed by atoms with Gasteiger partial charge in [-0.25, -0.2) is 0 Å². The minimum absolute atomic E-state index is 0.0256. The second-order valence-electron chi connectivity index (χ2n) is 21.3. The van der Waals surface area contributed by atoms with Crippen LogP contribution in [-0.4, -0.2) is 18.0 Å². The molecule has 0 bridgehead atoms. The maximum absolute atomic E-state index is 7.20. The van der Waals surface area contributed by atoms with E-state index in [1.54, 1.807) is 0 Å². The number of nitrogens with zero attached hydrogens (tertiary/aromatic N) is 2. The topological polar surface area (TPSA) is 45.1 Å². The van der Waals surface area contributed by atoms with E-state index >= 15 is 0 Å². The lowest BCUT2D eigenvalue weighted by Gasteiger charge is -2.42. The molecule has 4 aliphatic heterocycles. The normalized spacial score (nSPS) is 13.7. The van der Waals surface area contributed by atoms with Gasteiger partial charge < -0.3 is 28.4 Å². The van der Waals surface area contributed by atoms with Crippen LogP contribution in [0.2, 0.25) is 0 Å². The lowest BCUT2D eigenvalue weighted by molar-refractivity contribution is 0.442. The number of anilines is 3. The monoisotopic (exact) mass is 906 g/mol. The van der Waals surface area contributed by atoms with Crippen LogP contribution in [0.1, 0.15) is 52.7 Å². The van der Waals surface area contributed by atoms with E-state index in [1.807, 2.05) is 30.3 Å². The first-order chi connectivity index (χ1) is 33.9. The molecule has 0 saturated carbocycles. The molecule has 336 valence electrons. The minimum atomic E-state index is -0.151. The van der Waals surface area contributed by atoms with Gasteiger partial charge in [0.2, 0.25) is 0 Å². The zero-order valence-electron chi connectivity index (χ0n) is 40.0. The molecule has 6 nitrogen and oxygen atoms in total. The predicted molar refractivity (Wildman–Crippen MR) is 288 cm³/mol. The number of rotatable bonds is 5. The van der Waals surface area contributed by atoms with Crippen molar-refractivity contribution in [3.63, 3.8) is 0 Å². The van der Waals surface area contributed by atoms with E-state index < -0.39 is 0 Å². The molecule has 0 saturated heterocycles. The summed E-state index contributed by atoms with van der Waals surface area (Å²) in [5.41, 5.74) is 16.1. The molecule has 0 unspecified atom stereocenters. The van der Waals surface area contributed by atoms with Gasteiger partial charge in [0.1, 0.15) is 46.0 Å². The predicted octanol–water partition coefficient (Wildman–Crippen LogP) is 12.3. The lowest BCUT2D eigenvalue weighted by Crippen LogP contribution is -2.63. The summed E-state index contributed by atoms with van der Waals surface area (Å²) < 4.78 is 30.0. The number of benzene rings is 9. The summed E-state index contributed by atoms with van der Waals surface area (Å²) in [6, 6.07) is 65.0. The molecule has 70 heavy (non-hydrogen) atoms. The highest BCUT2D eigenvalue weighted by atomic mass is 16.5. The van der Waals surface area contributed by atoms with E-state index in [0.29, 0.717) is 5.75 Å². The second kappa shape index (κ2) is 14.7. The van der Waals surface area contributed by atoms with Gasteiger partial charge in [-0.3, -0.25) is 0 Å². The van der Waals surface area contributed by atoms with Crippen LogP contribution in [-0.2, 0) is 10.8 Å². The Morgan fingerprint density at radius 2 is 0.971 bits per heavy atom. The highest BCUT2D eigenvalue weighted by Crippen LogP contribution is 2.46. The number of hydrogen-bond acceptors (Lipinski definition) is 5. The number of ether oxygens (including phenoxy) is 4. The van der Waals surface area contributed by atoms with Crippen molar-refractivity contribution in [1.29, 1.82) is 0 Å². The molecule has 9 aromatic carbocycles. The number of aromatic nitrogens is 1. The van der Waals surface area contributed by atoms with Gasteiger partial charge in [-0.15, -0.1) is 0 Å². The Bertz CT molecular complexity index is 3810. The first kappa shape index (κ1) is 40.9. The molecular weight excluding hydrogens is 858 g/mol. The smallest absolute Gasteiger partial charge is 0.260 e. The van der Waals surface area contributed by atoms with Crippen LogP contribution in [0.4, 0.5) is 17.1 Å². The number of fused-ring (bicyclic) bond motifs is 11. The molecule has 0 radical (unpaired) electrons. The Hall–Kier alpha value is -8.09. The molecule has 4 aliphatic rings. The molecule has 0 fully saturated rings. The zero-order valence-corrected chi connectivity index (χ0v) is 40.0. The molecule has 5 heterocycles. The quantitative estimate of drug-likeness (QED) is 0.161. The van der Waals surface area contributed by atoms with Gasteiger partial charge in [-0.2, -0.15) is 0 Å². The first-order valence-electron chi connectivity index (χ1n) is 24.4. The van der Waals surface area contributed by atoms with Crippen molar-refractivity contribution in [3.8, 4) is 51.7 Å². The average Bonchev–Trinajstić information content (AvgIpc) is 3.70. The minimum Gasteiger partial charge on any atom is -0.458 e. The van der Waals surface area contributed by atoms with E-state index in [2.05, 4.69) is 203 Å². The van der Waals surface area contributed by atoms with Crippen molar-refractivity contribution < 1.29 is 18.9 Å². The van der Waals surface area contributed by atoms with Crippen molar-refractivity contribution in [1.82, 2.24) is 4.57 Å². The van der Waals surface area contributed by atoms with E-state index in [1.165, 1.54) is 49.3 Å². The maximum atomic E-state index is 7.20. The third-order valence-electron chi connectivity index (χ3n) is 14.9. The van der Waals surface area contributed by atoms with Crippen molar-refractivity contribution in [2.45, 2.75) is 52.4 Å². The summed E-state index contributed by atoms with van der Waals surface area (Å²) in [6.07, 6.45) is 0. The average molecular weight is 907 g/mol. The van der Waals surface area contributed by atoms with Gasteiger partial charge in [0.15, 0.2) is 0 Å². The molecule has 0 aliphatic carbocycles. The summed E-state index contributed by atoms with van der Waals surface area (Å²) in [5.74, 6) is 6.03. The molecule has 0 N–H and O–H groups in total. The van der Waals surface area contributed by atoms with Crippen LogP contribution in [0.25, 0.3) is 27.5 Å². The summed E-state index contributed by atoms with van der Waals surface area (Å²) in [5, 5.41) is 2.46. The van der Waals surface area contributed by atoms with E-state index in [0.717, 1.165) is 79.4 Å². The van der Waals surface area contributed by atoms with Gasteiger partial charge in [0.25, 0.3) is 13.4 Å². The fraction of sp³-hybridized carbons (Fsp3) is 0.129. The molecule has 0 atom stereocenters. The van der Waals surface area contributed by atoms with Crippen molar-refractivity contribution in [3.05, 3.63) is 193 Å². The van der Waals surface area contributed by atoms with Crippen molar-refractivity contribution >= 4 is 85.1 Å². The highest BCUT2D eigenvalue weighted by molar-refractivity contribution is 7.02. The van der Waals surface area contributed by atoms with Crippen molar-refractivity contribution in [2.24, 2.45) is 0 Å². The number of hydrogen-bond donors (Lipinski definition) is 0. The van der Waals surface area contributed by atoms with Gasteiger partial charge in [0.05, 0.1) is 5.52 Å². The highest BCUT2D eigenvalue weighted by Gasteiger charge is 2.46. The van der Waals surface area contributed by atoms with Crippen LogP contribution in [0.15, 0.2) is 182 Å². The third kappa shape index (κ3) is 6.15. The molecule has 0 amide bonds. The third-order valence-corrected chi connectivity index (χ3v) is 14.9. The Morgan fingerprint density at radius 1 is 0.400 bits per heavy atom. The van der Waals surface area contributed by atoms with E-state index in [9.17, 15) is 0 Å². The van der Waals surface area contributed by atoms with Crippen LogP contribution in [0.5, 0.6) is 46.0 Å². The van der Waals surface area contributed by atoms with Gasteiger partial charge in [0, 0.05) is 74.8 Å². The summed E-state index contributed by atoms with van der Waals surface area (Å²) in [4.78, 5) is 2.42. The molecule has 10 aromatic rings. The summed E-state index contributed by atoms with van der Waals surface area (Å²) >= 11 is 0. The Kier molecular flexibility index (Phi) is 8.60. The molecule has 14 rings (SSSR count). The fourth-order valence-corrected chi connectivity index (χ4v) is 11.6. The van der Waals surface area contributed by atoms with Crippen LogP contribution < -0.4 is 56.6 Å². The molecule has 8 heteroatoms. The Balaban J connectivity index is 0.998. The van der Waals surface area contributed by atoms with Gasteiger partial charge in [-0.1, -0.05) is 145 Å². The Labute approximate surface area is 408 Å². The lowest BCUT2D eigenvalue weighted by atomic mass is 9.31. The molecule has 0 spiro atoms. The summed E-state index contributed by atoms with van der Waals surface area (Å²) in [7, 11) is 0. The van der Waals surface area contributed by atoms with E-state index in [-0.39, 0.29) is 24.3 Å². The first-order valence-corrected chi connectivity index (χ1v) is 24.4. The standard InChI is InChI=1S/C62H48B2N2O4/c1-61(2,3)37-23-27-40(28-24-37)67-42-31-52-58-53(32-42)66-50-21-12-10-17-44(50)45-18-14-20-47(60(45)66)64(58)48-35-49-55(36-51(48)65(52)39-15-8-7-9-16-39)70-57-34-43(68-41-29-25-38(26-30-41)62(4,5)6)33-56-59(57)63(49)46-19-11-13-22-54(46)69-56/h7-36H,1-6H3. The van der Waals surface area contributed by atoms with Gasteiger partial charge in [-0.05, 0) is 97.8 Å². The molecule has 1 aromatic heterocycles. The maximum Gasteiger partial charge on any atom is 0.260 e. The van der Waals surface area contributed by atoms with Crippen molar-refractivity contribution in [2.75, 3.05) is 4.90 Å².